The van der Waals surface area contributed by atoms with Gasteiger partial charge in [0.25, 0.3) is 0 Å². The summed E-state index contributed by atoms with van der Waals surface area (Å²) in [5.41, 5.74) is 5.50. The third-order valence-corrected chi connectivity index (χ3v) is 5.49. The minimum atomic E-state index is 0.556. The van der Waals surface area contributed by atoms with E-state index in [0.29, 0.717) is 12.5 Å². The molecule has 5 nitrogen and oxygen atoms in total. The number of pyridine rings is 1. The largest absolute Gasteiger partial charge is 0.306 e. The van der Waals surface area contributed by atoms with Gasteiger partial charge >= 0.3 is 0 Å². The first-order valence-corrected chi connectivity index (χ1v) is 9.60. The summed E-state index contributed by atoms with van der Waals surface area (Å²) in [4.78, 5) is 8.87. The van der Waals surface area contributed by atoms with E-state index in [2.05, 4.69) is 59.4 Å². The molecule has 4 aromatic rings. The van der Waals surface area contributed by atoms with Gasteiger partial charge in [0.2, 0.25) is 0 Å². The molecule has 1 aromatic carbocycles. The van der Waals surface area contributed by atoms with Crippen molar-refractivity contribution in [1.29, 1.82) is 0 Å². The molecule has 6 heteroatoms. The zero-order valence-corrected chi connectivity index (χ0v) is 16.0. The SMILES string of the molecule is Cc1cccc(Cn2nc(C3CC3)c3c(-n4ccnc4)ccc(Br)c32)n1. The van der Waals surface area contributed by atoms with Gasteiger partial charge in [0.05, 0.1) is 35.5 Å². The number of halogens is 1. The Morgan fingerprint density at radius 2 is 2.08 bits per heavy atom. The number of hydrogen-bond donors (Lipinski definition) is 0. The molecule has 0 amide bonds. The van der Waals surface area contributed by atoms with Crippen molar-refractivity contribution in [3.8, 4) is 5.69 Å². The lowest BCUT2D eigenvalue weighted by atomic mass is 10.1. The maximum Gasteiger partial charge on any atom is 0.0991 e. The number of aryl methyl sites for hydroxylation is 1. The van der Waals surface area contributed by atoms with E-state index in [-0.39, 0.29) is 0 Å². The molecule has 5 rings (SSSR count). The Hall–Kier alpha value is -2.47. The first-order chi connectivity index (χ1) is 12.7. The van der Waals surface area contributed by atoms with E-state index < -0.39 is 0 Å². The van der Waals surface area contributed by atoms with Gasteiger partial charge in [-0.3, -0.25) is 9.67 Å². The number of fused-ring (bicyclic) bond motifs is 1. The Labute approximate surface area is 159 Å². The summed E-state index contributed by atoms with van der Waals surface area (Å²) in [5.74, 6) is 0.556. The highest BCUT2D eigenvalue weighted by molar-refractivity contribution is 9.10. The second kappa shape index (κ2) is 6.06. The molecular weight excluding hydrogens is 390 g/mol. The summed E-state index contributed by atoms with van der Waals surface area (Å²) >= 11 is 3.75. The van der Waals surface area contributed by atoms with E-state index in [1.54, 1.807) is 0 Å². The quantitative estimate of drug-likeness (QED) is 0.495. The summed E-state index contributed by atoms with van der Waals surface area (Å²) < 4.78 is 5.22. The summed E-state index contributed by atoms with van der Waals surface area (Å²) in [6.45, 7) is 2.68. The minimum Gasteiger partial charge on any atom is -0.306 e. The lowest BCUT2D eigenvalue weighted by Crippen LogP contribution is -2.05. The zero-order valence-electron chi connectivity index (χ0n) is 14.4. The van der Waals surface area contributed by atoms with E-state index >= 15 is 0 Å². The summed E-state index contributed by atoms with van der Waals surface area (Å²) in [6.07, 6.45) is 8.07. The number of hydrogen-bond acceptors (Lipinski definition) is 3. The van der Waals surface area contributed by atoms with Gasteiger partial charge in [-0.2, -0.15) is 5.10 Å². The van der Waals surface area contributed by atoms with Gasteiger partial charge in [0.15, 0.2) is 0 Å². The molecular formula is C20H18BrN5. The summed E-state index contributed by atoms with van der Waals surface area (Å²) in [6, 6.07) is 10.4. The van der Waals surface area contributed by atoms with Gasteiger partial charge in [0.1, 0.15) is 0 Å². The fourth-order valence-electron chi connectivity index (χ4n) is 3.50. The van der Waals surface area contributed by atoms with E-state index in [4.69, 9.17) is 5.10 Å². The van der Waals surface area contributed by atoms with Gasteiger partial charge in [0, 0.05) is 33.9 Å². The lowest BCUT2D eigenvalue weighted by Gasteiger charge is -2.09. The normalized spacial score (nSPS) is 14.2. The monoisotopic (exact) mass is 407 g/mol. The van der Waals surface area contributed by atoms with Gasteiger partial charge in [-0.15, -0.1) is 0 Å². The van der Waals surface area contributed by atoms with Gasteiger partial charge in [-0.1, -0.05) is 6.07 Å². The first kappa shape index (κ1) is 15.8. The van der Waals surface area contributed by atoms with Crippen LogP contribution in [-0.2, 0) is 6.54 Å². The van der Waals surface area contributed by atoms with Crippen LogP contribution in [0.15, 0.2) is 53.5 Å². The van der Waals surface area contributed by atoms with Crippen LogP contribution in [0.4, 0.5) is 0 Å². The van der Waals surface area contributed by atoms with Crippen LogP contribution in [-0.4, -0.2) is 24.3 Å². The predicted molar refractivity (Wildman–Crippen MR) is 105 cm³/mol. The molecule has 0 aliphatic heterocycles. The number of imidazole rings is 1. The Kier molecular flexibility index (Phi) is 3.67. The molecule has 3 aromatic heterocycles. The summed E-state index contributed by atoms with van der Waals surface area (Å²) in [5, 5.41) is 6.24. The molecule has 0 unspecified atom stereocenters. The van der Waals surface area contributed by atoms with Crippen molar-refractivity contribution in [2.45, 2.75) is 32.2 Å². The molecule has 1 aliphatic rings. The molecule has 1 aliphatic carbocycles. The van der Waals surface area contributed by atoms with E-state index in [1.165, 1.54) is 23.9 Å². The van der Waals surface area contributed by atoms with E-state index in [9.17, 15) is 0 Å². The van der Waals surface area contributed by atoms with Crippen LogP contribution in [0.25, 0.3) is 16.6 Å². The third kappa shape index (κ3) is 2.65. The van der Waals surface area contributed by atoms with Crippen molar-refractivity contribution >= 4 is 26.8 Å². The zero-order chi connectivity index (χ0) is 17.7. The molecule has 26 heavy (non-hydrogen) atoms. The molecule has 0 N–H and O–H groups in total. The number of rotatable bonds is 4. The fraction of sp³-hybridized carbons (Fsp3) is 0.250. The maximum absolute atomic E-state index is 5.02. The van der Waals surface area contributed by atoms with Crippen molar-refractivity contribution in [3.63, 3.8) is 0 Å². The molecule has 0 spiro atoms. The number of aromatic nitrogens is 5. The van der Waals surface area contributed by atoms with Crippen molar-refractivity contribution in [1.82, 2.24) is 24.3 Å². The average Bonchev–Trinajstić information content (AvgIpc) is 3.18. The van der Waals surface area contributed by atoms with Crippen molar-refractivity contribution < 1.29 is 0 Å². The van der Waals surface area contributed by atoms with Crippen molar-refractivity contribution in [2.24, 2.45) is 0 Å². The van der Waals surface area contributed by atoms with Crippen LogP contribution in [0.5, 0.6) is 0 Å². The molecule has 130 valence electrons. The standard InChI is InChI=1S/C20H18BrN5/c1-13-3-2-4-15(23-13)11-26-20-16(21)7-8-17(25-10-9-22-12-25)18(20)19(24-26)14-5-6-14/h2-4,7-10,12,14H,5-6,11H2,1H3. The van der Waals surface area contributed by atoms with Crippen molar-refractivity contribution in [3.05, 3.63) is 70.6 Å². The van der Waals surface area contributed by atoms with Crippen LogP contribution in [0.1, 0.15) is 35.8 Å². The molecule has 0 atom stereocenters. The van der Waals surface area contributed by atoms with Gasteiger partial charge in [-0.05, 0) is 60.0 Å². The fourth-order valence-corrected chi connectivity index (χ4v) is 4.04. The van der Waals surface area contributed by atoms with Crippen LogP contribution >= 0.6 is 15.9 Å². The van der Waals surface area contributed by atoms with Gasteiger partial charge in [-0.25, -0.2) is 4.98 Å². The minimum absolute atomic E-state index is 0.556. The smallest absolute Gasteiger partial charge is 0.0991 e. The molecule has 1 saturated carbocycles. The Bertz CT molecular complexity index is 1090. The first-order valence-electron chi connectivity index (χ1n) is 8.80. The Morgan fingerprint density at radius 1 is 1.19 bits per heavy atom. The van der Waals surface area contributed by atoms with Gasteiger partial charge < -0.3 is 4.57 Å². The topological polar surface area (TPSA) is 48.5 Å². The van der Waals surface area contributed by atoms with Crippen LogP contribution in [0.2, 0.25) is 0 Å². The average molecular weight is 408 g/mol. The second-order valence-corrected chi connectivity index (χ2v) is 7.70. The van der Waals surface area contributed by atoms with E-state index in [1.807, 2.05) is 31.7 Å². The molecule has 3 heterocycles. The highest BCUT2D eigenvalue weighted by atomic mass is 79.9. The van der Waals surface area contributed by atoms with Crippen LogP contribution in [0, 0.1) is 6.92 Å². The van der Waals surface area contributed by atoms with Crippen LogP contribution in [0.3, 0.4) is 0 Å². The molecule has 0 radical (unpaired) electrons. The summed E-state index contributed by atoms with van der Waals surface area (Å²) in [7, 11) is 0. The Morgan fingerprint density at radius 3 is 2.81 bits per heavy atom. The number of nitrogens with zero attached hydrogens (tertiary/aromatic N) is 5. The highest BCUT2D eigenvalue weighted by Crippen LogP contribution is 2.45. The molecule has 0 saturated heterocycles. The van der Waals surface area contributed by atoms with E-state index in [0.717, 1.165) is 27.1 Å². The highest BCUT2D eigenvalue weighted by Gasteiger charge is 2.31. The lowest BCUT2D eigenvalue weighted by molar-refractivity contribution is 0.678. The third-order valence-electron chi connectivity index (χ3n) is 4.85. The Balaban J connectivity index is 1.73. The molecule has 0 bridgehead atoms. The number of benzene rings is 1. The molecule has 1 fully saturated rings. The second-order valence-electron chi connectivity index (χ2n) is 6.85. The predicted octanol–water partition coefficient (Wildman–Crippen LogP) is 4.61. The van der Waals surface area contributed by atoms with Crippen LogP contribution < -0.4 is 0 Å². The van der Waals surface area contributed by atoms with Crippen molar-refractivity contribution in [2.75, 3.05) is 0 Å². The maximum atomic E-state index is 5.02.